The lowest BCUT2D eigenvalue weighted by Crippen LogP contribution is -2.43. The molecule has 0 aromatic carbocycles. The zero-order valence-electron chi connectivity index (χ0n) is 10.2. The summed E-state index contributed by atoms with van der Waals surface area (Å²) in [6, 6.07) is 0.0828. The van der Waals surface area contributed by atoms with Crippen molar-refractivity contribution in [3.63, 3.8) is 0 Å². The van der Waals surface area contributed by atoms with Crippen LogP contribution in [0.25, 0.3) is 0 Å². The van der Waals surface area contributed by atoms with Gasteiger partial charge >= 0.3 is 0 Å². The summed E-state index contributed by atoms with van der Waals surface area (Å²) < 4.78 is 27.4. The molecule has 5 heteroatoms. The van der Waals surface area contributed by atoms with Crippen molar-refractivity contribution in [2.45, 2.75) is 62.7 Å². The van der Waals surface area contributed by atoms with Gasteiger partial charge in [0.05, 0.1) is 5.25 Å². The third-order valence-electron chi connectivity index (χ3n) is 4.16. The van der Waals surface area contributed by atoms with Crippen molar-refractivity contribution in [3.8, 4) is 0 Å². The first-order valence-corrected chi connectivity index (χ1v) is 8.78. The minimum Gasteiger partial charge on any atom is -0.212 e. The van der Waals surface area contributed by atoms with Crippen molar-refractivity contribution in [2.75, 3.05) is 5.88 Å². The lowest BCUT2D eigenvalue weighted by Gasteiger charge is -2.26. The van der Waals surface area contributed by atoms with Crippen LogP contribution < -0.4 is 4.72 Å². The Morgan fingerprint density at radius 3 is 2.35 bits per heavy atom. The fourth-order valence-corrected chi connectivity index (χ4v) is 5.31. The van der Waals surface area contributed by atoms with E-state index in [1.165, 1.54) is 6.42 Å². The van der Waals surface area contributed by atoms with Gasteiger partial charge < -0.3 is 0 Å². The summed E-state index contributed by atoms with van der Waals surface area (Å²) in [6.07, 6.45) is 8.03. The van der Waals surface area contributed by atoms with Gasteiger partial charge in [-0.05, 0) is 31.6 Å². The maximum atomic E-state index is 12.2. The normalized spacial score (nSPS) is 31.8. The summed E-state index contributed by atoms with van der Waals surface area (Å²) in [7, 11) is -3.12. The summed E-state index contributed by atoms with van der Waals surface area (Å²) in [4.78, 5) is 0. The largest absolute Gasteiger partial charge is 0.214 e. The van der Waals surface area contributed by atoms with E-state index in [9.17, 15) is 8.42 Å². The molecule has 2 rings (SSSR count). The van der Waals surface area contributed by atoms with Crippen molar-refractivity contribution in [1.82, 2.24) is 4.72 Å². The summed E-state index contributed by atoms with van der Waals surface area (Å²) in [6.45, 7) is 0. The second-order valence-corrected chi connectivity index (χ2v) is 7.68. The van der Waals surface area contributed by atoms with E-state index >= 15 is 0 Å². The van der Waals surface area contributed by atoms with Crippen LogP contribution in [0.3, 0.4) is 0 Å². The van der Waals surface area contributed by atoms with Crippen LogP contribution in [0.4, 0.5) is 0 Å². The smallest absolute Gasteiger partial charge is 0.212 e. The van der Waals surface area contributed by atoms with Crippen LogP contribution in [0.1, 0.15) is 51.4 Å². The van der Waals surface area contributed by atoms with Gasteiger partial charge in [-0.15, -0.1) is 11.6 Å². The van der Waals surface area contributed by atoms with Gasteiger partial charge in [-0.2, -0.15) is 0 Å². The summed E-state index contributed by atoms with van der Waals surface area (Å²) in [5.41, 5.74) is 0. The first-order valence-electron chi connectivity index (χ1n) is 6.70. The van der Waals surface area contributed by atoms with Gasteiger partial charge in [-0.25, -0.2) is 13.1 Å². The number of hydrogen-bond acceptors (Lipinski definition) is 2. The van der Waals surface area contributed by atoms with E-state index in [1.807, 2.05) is 0 Å². The molecule has 2 fully saturated rings. The third kappa shape index (κ3) is 3.36. The third-order valence-corrected chi connectivity index (χ3v) is 6.54. The summed E-state index contributed by atoms with van der Waals surface area (Å²) in [5.74, 6) is 0.896. The van der Waals surface area contributed by atoms with Crippen LogP contribution in [0.2, 0.25) is 0 Å². The molecule has 2 unspecified atom stereocenters. The van der Waals surface area contributed by atoms with E-state index in [2.05, 4.69) is 4.72 Å². The fraction of sp³-hybridized carbons (Fsp3) is 1.00. The molecule has 3 nitrogen and oxygen atoms in total. The number of sulfonamides is 1. The Morgan fingerprint density at radius 2 is 1.71 bits per heavy atom. The maximum absolute atomic E-state index is 12.2. The Labute approximate surface area is 109 Å². The molecule has 0 saturated heterocycles. The lowest BCUT2D eigenvalue weighted by atomic mass is 10.0. The Bertz CT molecular complexity index is 338. The zero-order valence-corrected chi connectivity index (χ0v) is 11.8. The van der Waals surface area contributed by atoms with Gasteiger partial charge in [0.2, 0.25) is 10.0 Å². The van der Waals surface area contributed by atoms with Crippen molar-refractivity contribution in [2.24, 2.45) is 5.92 Å². The van der Waals surface area contributed by atoms with Crippen LogP contribution in [-0.4, -0.2) is 25.6 Å². The Kier molecular flexibility index (Phi) is 4.72. The second kappa shape index (κ2) is 5.89. The van der Waals surface area contributed by atoms with Crippen molar-refractivity contribution in [3.05, 3.63) is 0 Å². The Morgan fingerprint density at radius 1 is 1.00 bits per heavy atom. The number of rotatable bonds is 4. The van der Waals surface area contributed by atoms with Gasteiger partial charge in [0.15, 0.2) is 0 Å². The average Bonchev–Trinajstić information content (AvgIpc) is 2.77. The van der Waals surface area contributed by atoms with E-state index in [4.69, 9.17) is 11.6 Å². The highest BCUT2D eigenvalue weighted by atomic mass is 35.5. The summed E-state index contributed by atoms with van der Waals surface area (Å²) >= 11 is 5.88. The van der Waals surface area contributed by atoms with Crippen LogP contribution in [0.15, 0.2) is 0 Å². The topological polar surface area (TPSA) is 46.2 Å². The van der Waals surface area contributed by atoms with Gasteiger partial charge in [0.25, 0.3) is 0 Å². The average molecular weight is 280 g/mol. The van der Waals surface area contributed by atoms with Gasteiger partial charge in [0.1, 0.15) is 0 Å². The van der Waals surface area contributed by atoms with Gasteiger partial charge in [-0.3, -0.25) is 0 Å². The van der Waals surface area contributed by atoms with Crippen molar-refractivity contribution < 1.29 is 8.42 Å². The lowest BCUT2D eigenvalue weighted by molar-refractivity contribution is 0.449. The Balaban J connectivity index is 1.96. The number of halogens is 1. The number of alkyl halides is 1. The molecule has 2 atom stereocenters. The highest BCUT2D eigenvalue weighted by Gasteiger charge is 2.34. The van der Waals surface area contributed by atoms with E-state index in [0.717, 1.165) is 44.9 Å². The summed E-state index contributed by atoms with van der Waals surface area (Å²) in [5, 5.41) is -0.159. The van der Waals surface area contributed by atoms with E-state index < -0.39 is 10.0 Å². The molecule has 1 N–H and O–H groups in total. The van der Waals surface area contributed by atoms with Crippen molar-refractivity contribution in [1.29, 1.82) is 0 Å². The van der Waals surface area contributed by atoms with E-state index in [1.54, 1.807) is 0 Å². The molecule has 0 aromatic rings. The van der Waals surface area contributed by atoms with Gasteiger partial charge in [0, 0.05) is 11.9 Å². The predicted molar refractivity (Wildman–Crippen MR) is 70.8 cm³/mol. The highest BCUT2D eigenvalue weighted by molar-refractivity contribution is 7.90. The molecule has 0 bridgehead atoms. The monoisotopic (exact) mass is 279 g/mol. The molecule has 0 aliphatic heterocycles. The SMILES string of the molecule is O=S(=O)(NC1CCCC1CCl)C1CCCCC1. The molecule has 0 amide bonds. The standard InChI is InChI=1S/C12H22ClNO2S/c13-9-10-5-4-8-12(10)14-17(15,16)11-6-2-1-3-7-11/h10-12,14H,1-9H2. The molecular formula is C12H22ClNO2S. The quantitative estimate of drug-likeness (QED) is 0.804. The molecule has 17 heavy (non-hydrogen) atoms. The first-order chi connectivity index (χ1) is 8.13. The molecule has 2 aliphatic rings. The van der Waals surface area contributed by atoms with Crippen LogP contribution in [0.5, 0.6) is 0 Å². The van der Waals surface area contributed by atoms with Crippen LogP contribution in [-0.2, 0) is 10.0 Å². The molecule has 2 aliphatic carbocycles. The highest BCUT2D eigenvalue weighted by Crippen LogP contribution is 2.29. The minimum atomic E-state index is -3.12. The number of hydrogen-bond donors (Lipinski definition) is 1. The molecule has 0 aromatic heterocycles. The molecular weight excluding hydrogens is 258 g/mol. The van der Waals surface area contributed by atoms with Crippen LogP contribution >= 0.6 is 11.6 Å². The molecule has 0 spiro atoms. The zero-order chi connectivity index (χ0) is 12.3. The first kappa shape index (κ1) is 13.6. The van der Waals surface area contributed by atoms with Crippen molar-refractivity contribution >= 4 is 21.6 Å². The molecule has 0 heterocycles. The predicted octanol–water partition coefficient (Wildman–Crippen LogP) is 2.65. The second-order valence-electron chi connectivity index (χ2n) is 5.37. The molecule has 0 radical (unpaired) electrons. The van der Waals surface area contributed by atoms with Crippen LogP contribution in [0, 0.1) is 5.92 Å². The van der Waals surface area contributed by atoms with Gasteiger partial charge in [-0.1, -0.05) is 25.7 Å². The molecule has 100 valence electrons. The number of nitrogens with one attached hydrogen (secondary N) is 1. The minimum absolute atomic E-state index is 0.0828. The van der Waals surface area contributed by atoms with E-state index in [-0.39, 0.29) is 11.3 Å². The van der Waals surface area contributed by atoms with E-state index in [0.29, 0.717) is 11.8 Å². The maximum Gasteiger partial charge on any atom is 0.214 e. The molecule has 2 saturated carbocycles. The Hall–Kier alpha value is 0.200. The fourth-order valence-electron chi connectivity index (χ4n) is 3.06.